The van der Waals surface area contributed by atoms with Gasteiger partial charge in [0.15, 0.2) is 5.65 Å². The second-order valence-corrected chi connectivity index (χ2v) is 8.44. The van der Waals surface area contributed by atoms with Gasteiger partial charge in [-0.05, 0) is 25.9 Å². The van der Waals surface area contributed by atoms with Crippen molar-refractivity contribution >= 4 is 34.7 Å². The van der Waals surface area contributed by atoms with E-state index < -0.39 is 17.4 Å². The maximum absolute atomic E-state index is 12.2. The smallest absolute Gasteiger partial charge is 0.328 e. The molecular formula is C21H30N6O5. The molecule has 2 aromatic heterocycles. The quantitative estimate of drug-likeness (QED) is 0.566. The molecule has 11 nitrogen and oxygen atoms in total. The van der Waals surface area contributed by atoms with E-state index in [2.05, 4.69) is 25.3 Å². The lowest BCUT2D eigenvalue weighted by Gasteiger charge is -2.26. The van der Waals surface area contributed by atoms with E-state index in [9.17, 15) is 14.4 Å². The van der Waals surface area contributed by atoms with E-state index in [0.29, 0.717) is 18.0 Å². The first-order valence-corrected chi connectivity index (χ1v) is 10.4. The molecule has 0 saturated carbocycles. The summed E-state index contributed by atoms with van der Waals surface area (Å²) >= 11 is 0. The highest BCUT2D eigenvalue weighted by Gasteiger charge is 2.23. The Balaban J connectivity index is 0.000000390. The molecule has 0 unspecified atom stereocenters. The van der Waals surface area contributed by atoms with Gasteiger partial charge in [-0.2, -0.15) is 5.10 Å². The maximum Gasteiger partial charge on any atom is 0.328 e. The molecule has 1 saturated heterocycles. The number of anilines is 1. The summed E-state index contributed by atoms with van der Waals surface area (Å²) < 4.78 is 1.90. The first-order chi connectivity index (χ1) is 15.1. The Morgan fingerprint density at radius 3 is 2.22 bits per heavy atom. The molecule has 174 valence electrons. The third-order valence-electron chi connectivity index (χ3n) is 4.79. The summed E-state index contributed by atoms with van der Waals surface area (Å²) in [7, 11) is 0. The lowest BCUT2D eigenvalue weighted by atomic mass is 9.96. The van der Waals surface area contributed by atoms with Gasteiger partial charge in [0.05, 0.1) is 18.1 Å². The van der Waals surface area contributed by atoms with Gasteiger partial charge in [0.25, 0.3) is 0 Å². The van der Waals surface area contributed by atoms with E-state index in [1.165, 1.54) is 38.7 Å². The molecule has 3 heterocycles. The molecule has 32 heavy (non-hydrogen) atoms. The summed E-state index contributed by atoms with van der Waals surface area (Å²) in [5.41, 5.74) is 0.299. The molecule has 1 amide bonds. The monoisotopic (exact) mass is 446 g/mol. The van der Waals surface area contributed by atoms with Crippen molar-refractivity contribution in [2.45, 2.75) is 46.6 Å². The summed E-state index contributed by atoms with van der Waals surface area (Å²) in [5.74, 6) is -2.05. The topological polar surface area (TPSA) is 151 Å². The van der Waals surface area contributed by atoms with Crippen LogP contribution in [0.1, 0.15) is 40.0 Å². The number of piperidine rings is 1. The highest BCUT2D eigenvalue weighted by molar-refractivity contribution is 6.00. The van der Waals surface area contributed by atoms with Gasteiger partial charge in [-0.3, -0.25) is 4.79 Å². The minimum Gasteiger partial charge on any atom is -0.478 e. The number of carbonyl (C=O) groups excluding carboxylic acids is 1. The normalized spacial score (nSPS) is 14.7. The number of amides is 1. The number of carboxylic acids is 2. The maximum atomic E-state index is 12.2. The van der Waals surface area contributed by atoms with Crippen LogP contribution in [0.4, 0.5) is 5.82 Å². The molecular weight excluding hydrogens is 416 g/mol. The van der Waals surface area contributed by atoms with Gasteiger partial charge in [0.2, 0.25) is 5.91 Å². The number of nitrogens with zero attached hydrogens (tertiary/aromatic N) is 5. The summed E-state index contributed by atoms with van der Waals surface area (Å²) in [6.07, 6.45) is 8.25. The molecule has 0 atom stereocenters. The summed E-state index contributed by atoms with van der Waals surface area (Å²) in [4.78, 5) is 42.4. The molecule has 1 aliphatic heterocycles. The van der Waals surface area contributed by atoms with Crippen molar-refractivity contribution in [3.05, 3.63) is 24.7 Å². The molecule has 1 aliphatic rings. The number of aromatic nitrogens is 4. The fraction of sp³-hybridized carbons (Fsp3) is 0.524. The first-order valence-electron chi connectivity index (χ1n) is 10.4. The highest BCUT2D eigenvalue weighted by Crippen LogP contribution is 2.22. The Morgan fingerprint density at radius 2 is 1.66 bits per heavy atom. The lowest BCUT2D eigenvalue weighted by Crippen LogP contribution is -2.32. The largest absolute Gasteiger partial charge is 0.478 e. The molecule has 1 fully saturated rings. The average molecular weight is 447 g/mol. The van der Waals surface area contributed by atoms with E-state index in [4.69, 9.17) is 10.2 Å². The van der Waals surface area contributed by atoms with Crippen molar-refractivity contribution in [2.75, 3.05) is 25.0 Å². The van der Waals surface area contributed by atoms with Crippen LogP contribution < -0.4 is 5.32 Å². The molecule has 0 aliphatic carbocycles. The number of hydrogen-bond donors (Lipinski definition) is 3. The van der Waals surface area contributed by atoms with Crippen molar-refractivity contribution in [3.63, 3.8) is 0 Å². The van der Waals surface area contributed by atoms with Gasteiger partial charge in [0, 0.05) is 24.1 Å². The number of hydrogen-bond acceptors (Lipinski definition) is 7. The molecule has 11 heteroatoms. The van der Waals surface area contributed by atoms with Gasteiger partial charge in [0.1, 0.15) is 12.1 Å². The van der Waals surface area contributed by atoms with E-state index in [-0.39, 0.29) is 5.91 Å². The second-order valence-electron chi connectivity index (χ2n) is 8.44. The average Bonchev–Trinajstić information content (AvgIpc) is 3.15. The third-order valence-corrected chi connectivity index (χ3v) is 4.79. The highest BCUT2D eigenvalue weighted by atomic mass is 16.4. The molecule has 3 N–H and O–H groups in total. The molecule has 3 rings (SSSR count). The van der Waals surface area contributed by atoms with E-state index in [1.54, 1.807) is 6.20 Å². The zero-order chi connectivity index (χ0) is 23.7. The number of nitrogens with one attached hydrogen (secondary N) is 1. The van der Waals surface area contributed by atoms with Crippen LogP contribution in [0.5, 0.6) is 0 Å². The fourth-order valence-corrected chi connectivity index (χ4v) is 3.01. The van der Waals surface area contributed by atoms with Crippen LogP contribution in [0.3, 0.4) is 0 Å². The van der Waals surface area contributed by atoms with Crippen molar-refractivity contribution in [3.8, 4) is 0 Å². The minimum absolute atomic E-state index is 0.0661. The van der Waals surface area contributed by atoms with Gasteiger partial charge < -0.3 is 20.4 Å². The third kappa shape index (κ3) is 7.73. The SMILES string of the molecule is CC(C)(C)C(=O)Nc1ncnc2c1cnn2CCN1CCCCC1.O=C(O)/C=C\C(=O)O. The molecule has 2 aromatic rings. The Hall–Kier alpha value is -3.34. The summed E-state index contributed by atoms with van der Waals surface area (Å²) in [6.45, 7) is 9.74. The number of rotatable bonds is 6. The zero-order valence-electron chi connectivity index (χ0n) is 18.6. The van der Waals surface area contributed by atoms with Gasteiger partial charge in [-0.25, -0.2) is 24.2 Å². The van der Waals surface area contributed by atoms with Crippen LogP contribution in [0.25, 0.3) is 11.0 Å². The van der Waals surface area contributed by atoms with Crippen LogP contribution in [0.2, 0.25) is 0 Å². The number of carbonyl (C=O) groups is 3. The lowest BCUT2D eigenvalue weighted by molar-refractivity contribution is -0.134. The van der Waals surface area contributed by atoms with Crippen LogP contribution in [0.15, 0.2) is 24.7 Å². The number of carboxylic acid groups (broad SMARTS) is 2. The van der Waals surface area contributed by atoms with E-state index in [1.807, 2.05) is 25.5 Å². The Morgan fingerprint density at radius 1 is 1.03 bits per heavy atom. The standard InChI is InChI=1S/C17H26N6O.C4H4O4/c1-17(2,3)16(24)21-14-13-11-20-23(15(13)19-12-18-14)10-9-22-7-5-4-6-8-22;5-3(6)1-2-4(7)8/h11-12H,4-10H2,1-3H3,(H,18,19,21,24);1-2H,(H,5,6)(H,7,8)/b;2-1-. The van der Waals surface area contributed by atoms with E-state index >= 15 is 0 Å². The van der Waals surface area contributed by atoms with E-state index in [0.717, 1.165) is 24.1 Å². The van der Waals surface area contributed by atoms with Crippen molar-refractivity contribution in [2.24, 2.45) is 5.41 Å². The number of fused-ring (bicyclic) bond motifs is 1. The molecule has 0 aromatic carbocycles. The summed E-state index contributed by atoms with van der Waals surface area (Å²) in [5, 5.41) is 23.7. The van der Waals surface area contributed by atoms with Crippen LogP contribution in [-0.4, -0.2) is 72.3 Å². The van der Waals surface area contributed by atoms with Crippen molar-refractivity contribution < 1.29 is 24.6 Å². The van der Waals surface area contributed by atoms with Crippen LogP contribution in [-0.2, 0) is 20.9 Å². The fourth-order valence-electron chi connectivity index (χ4n) is 3.01. The first kappa shape index (κ1) is 24.9. The molecule has 0 radical (unpaired) electrons. The van der Waals surface area contributed by atoms with Crippen LogP contribution >= 0.6 is 0 Å². The Labute approximate surface area is 186 Å². The van der Waals surface area contributed by atoms with Crippen LogP contribution in [0, 0.1) is 5.41 Å². The Bertz CT molecular complexity index is 957. The van der Waals surface area contributed by atoms with Crippen molar-refractivity contribution in [1.82, 2.24) is 24.6 Å². The van der Waals surface area contributed by atoms with Gasteiger partial charge in [-0.15, -0.1) is 0 Å². The predicted molar refractivity (Wildman–Crippen MR) is 118 cm³/mol. The molecule has 0 bridgehead atoms. The number of likely N-dealkylation sites (tertiary alicyclic amines) is 1. The van der Waals surface area contributed by atoms with Gasteiger partial charge >= 0.3 is 11.9 Å². The Kier molecular flexibility index (Phi) is 8.82. The number of aliphatic carboxylic acids is 2. The summed E-state index contributed by atoms with van der Waals surface area (Å²) in [6, 6.07) is 0. The van der Waals surface area contributed by atoms with Crippen molar-refractivity contribution in [1.29, 1.82) is 0 Å². The molecule has 0 spiro atoms. The minimum atomic E-state index is -1.26. The second kappa shape index (κ2) is 11.3. The zero-order valence-corrected chi connectivity index (χ0v) is 18.6. The predicted octanol–water partition coefficient (Wildman–Crippen LogP) is 2.01. The van der Waals surface area contributed by atoms with Gasteiger partial charge in [-0.1, -0.05) is 27.2 Å².